The Kier molecular flexibility index (Phi) is 2.90. The van der Waals surface area contributed by atoms with Gasteiger partial charge in [0.15, 0.2) is 5.60 Å². The number of cyclic esters (lactones) is 1. The van der Waals surface area contributed by atoms with Gasteiger partial charge in [0.1, 0.15) is 5.82 Å². The van der Waals surface area contributed by atoms with Gasteiger partial charge in [-0.25, -0.2) is 4.79 Å². The number of hydrogen-bond donors (Lipinski definition) is 0. The summed E-state index contributed by atoms with van der Waals surface area (Å²) in [5.74, 6) is -0.282. The molecule has 1 aliphatic heterocycles. The Hall–Kier alpha value is -2.03. The van der Waals surface area contributed by atoms with Gasteiger partial charge in [-0.3, -0.25) is 4.79 Å². The number of rotatable bonds is 2. The Balaban J connectivity index is 3.15. The maximum Gasteiger partial charge on any atom is 0.423 e. The van der Waals surface area contributed by atoms with Crippen molar-refractivity contribution in [3.8, 4) is 6.07 Å². The van der Waals surface area contributed by atoms with Crippen molar-refractivity contribution in [2.45, 2.75) is 19.4 Å². The Bertz CT molecular complexity index is 404. The van der Waals surface area contributed by atoms with Crippen LogP contribution < -0.4 is 0 Å². The number of imide groups is 1. The van der Waals surface area contributed by atoms with Crippen LogP contribution >= 0.6 is 0 Å². The number of carbonyl (C=O) groups is 2. The highest BCUT2D eigenvalue weighted by atomic mass is 16.6. The van der Waals surface area contributed by atoms with E-state index in [1.165, 1.54) is 18.7 Å². The quantitative estimate of drug-likeness (QED) is 0.643. The van der Waals surface area contributed by atoms with Crippen LogP contribution in [0.5, 0.6) is 0 Å². The molecule has 0 atom stereocenters. The van der Waals surface area contributed by atoms with Gasteiger partial charge >= 0.3 is 6.09 Å². The van der Waals surface area contributed by atoms with Crippen molar-refractivity contribution in [2.24, 2.45) is 0 Å². The van der Waals surface area contributed by atoms with Crippen LogP contribution in [0.4, 0.5) is 4.79 Å². The Morgan fingerprint density at radius 2 is 2.06 bits per heavy atom. The average Bonchev–Trinajstić information content (AvgIpc) is 2.33. The van der Waals surface area contributed by atoms with Crippen molar-refractivity contribution < 1.29 is 14.3 Å². The zero-order valence-corrected chi connectivity index (χ0v) is 9.64. The lowest BCUT2D eigenvalue weighted by Gasteiger charge is -2.22. The molecular formula is C10H13N3O3. The molecule has 1 aliphatic rings. The SMILES string of the molecule is CN(C)C(=CC#N)N1C(=O)OC(C)(C)C1=O. The van der Waals surface area contributed by atoms with Crippen molar-refractivity contribution in [1.82, 2.24) is 9.80 Å². The summed E-state index contributed by atoms with van der Waals surface area (Å²) in [6, 6.07) is 1.79. The number of allylic oxidation sites excluding steroid dienone is 1. The summed E-state index contributed by atoms with van der Waals surface area (Å²) in [6.07, 6.45) is 0.366. The smallest absolute Gasteiger partial charge is 0.423 e. The molecule has 1 rings (SSSR count). The van der Waals surface area contributed by atoms with Crippen LogP contribution in [0.3, 0.4) is 0 Å². The van der Waals surface area contributed by atoms with Gasteiger partial charge in [0.05, 0.1) is 12.1 Å². The molecule has 0 unspecified atom stereocenters. The lowest BCUT2D eigenvalue weighted by atomic mass is 10.1. The topological polar surface area (TPSA) is 73.6 Å². The van der Waals surface area contributed by atoms with Crippen LogP contribution in [0.1, 0.15) is 13.8 Å². The molecule has 16 heavy (non-hydrogen) atoms. The summed E-state index contributed by atoms with van der Waals surface area (Å²) in [6.45, 7) is 3.01. The van der Waals surface area contributed by atoms with Gasteiger partial charge in [0.2, 0.25) is 0 Å². The van der Waals surface area contributed by atoms with Crippen LogP contribution in [0.15, 0.2) is 11.9 Å². The summed E-state index contributed by atoms with van der Waals surface area (Å²) >= 11 is 0. The highest BCUT2D eigenvalue weighted by molar-refractivity contribution is 6.04. The maximum atomic E-state index is 11.9. The zero-order valence-electron chi connectivity index (χ0n) is 9.64. The summed E-state index contributed by atoms with van der Waals surface area (Å²) in [5.41, 5.74) is -1.18. The van der Waals surface area contributed by atoms with Gasteiger partial charge in [0.25, 0.3) is 5.91 Å². The molecule has 0 aromatic rings. The van der Waals surface area contributed by atoms with Gasteiger partial charge in [0, 0.05) is 14.1 Å². The van der Waals surface area contributed by atoms with Crippen molar-refractivity contribution >= 4 is 12.0 Å². The fourth-order valence-corrected chi connectivity index (χ4v) is 1.31. The van der Waals surface area contributed by atoms with Crippen molar-refractivity contribution in [2.75, 3.05) is 14.1 Å². The van der Waals surface area contributed by atoms with E-state index >= 15 is 0 Å². The molecule has 1 saturated heterocycles. The van der Waals surface area contributed by atoms with E-state index < -0.39 is 17.6 Å². The first-order chi connectivity index (χ1) is 7.31. The molecule has 2 amide bonds. The third-order valence-corrected chi connectivity index (χ3v) is 2.12. The van der Waals surface area contributed by atoms with E-state index in [0.717, 1.165) is 11.0 Å². The minimum Gasteiger partial charge on any atom is -0.433 e. The Labute approximate surface area is 93.7 Å². The van der Waals surface area contributed by atoms with Crippen molar-refractivity contribution in [3.63, 3.8) is 0 Å². The summed E-state index contributed by atoms with van der Waals surface area (Å²) in [7, 11) is 3.27. The van der Waals surface area contributed by atoms with Crippen molar-refractivity contribution in [3.05, 3.63) is 11.9 Å². The minimum atomic E-state index is -1.18. The third-order valence-electron chi connectivity index (χ3n) is 2.12. The first-order valence-electron chi connectivity index (χ1n) is 4.66. The number of carbonyl (C=O) groups excluding carboxylic acids is 2. The van der Waals surface area contributed by atoms with E-state index in [9.17, 15) is 9.59 Å². The largest absolute Gasteiger partial charge is 0.433 e. The molecule has 0 N–H and O–H groups in total. The third kappa shape index (κ3) is 1.84. The van der Waals surface area contributed by atoms with Gasteiger partial charge in [-0.2, -0.15) is 10.2 Å². The lowest BCUT2D eigenvalue weighted by Crippen LogP contribution is -2.39. The van der Waals surface area contributed by atoms with E-state index in [4.69, 9.17) is 10.00 Å². The van der Waals surface area contributed by atoms with Crippen LogP contribution in [-0.4, -0.2) is 41.5 Å². The molecule has 0 aromatic heterocycles. The molecule has 6 heteroatoms. The molecular weight excluding hydrogens is 210 g/mol. The van der Waals surface area contributed by atoms with Gasteiger partial charge < -0.3 is 9.64 Å². The van der Waals surface area contributed by atoms with E-state index in [1.807, 2.05) is 0 Å². The minimum absolute atomic E-state index is 0.197. The second-order valence-electron chi connectivity index (χ2n) is 4.04. The summed E-state index contributed by atoms with van der Waals surface area (Å²) < 4.78 is 4.91. The standard InChI is InChI=1S/C10H13N3O3/c1-10(2)8(14)13(9(15)16-10)7(5-6-11)12(3)4/h5H,1-4H3. The summed E-state index contributed by atoms with van der Waals surface area (Å²) in [4.78, 5) is 25.8. The molecule has 0 aliphatic carbocycles. The Morgan fingerprint density at radius 3 is 2.38 bits per heavy atom. The number of nitrogens with zero attached hydrogens (tertiary/aromatic N) is 3. The molecule has 86 valence electrons. The van der Waals surface area contributed by atoms with E-state index in [0.29, 0.717) is 0 Å². The van der Waals surface area contributed by atoms with Crippen LogP contribution in [0.2, 0.25) is 0 Å². The molecule has 1 fully saturated rings. The number of hydrogen-bond acceptors (Lipinski definition) is 5. The van der Waals surface area contributed by atoms with E-state index in [-0.39, 0.29) is 5.82 Å². The highest BCUT2D eigenvalue weighted by Gasteiger charge is 2.49. The monoisotopic (exact) mass is 223 g/mol. The molecule has 0 bridgehead atoms. The molecule has 0 aromatic carbocycles. The fraction of sp³-hybridized carbons (Fsp3) is 0.500. The average molecular weight is 223 g/mol. The molecule has 1 heterocycles. The number of nitriles is 1. The molecule has 0 spiro atoms. The summed E-state index contributed by atoms with van der Waals surface area (Å²) in [5, 5.41) is 8.61. The van der Waals surface area contributed by atoms with Gasteiger partial charge in [-0.15, -0.1) is 0 Å². The second-order valence-corrected chi connectivity index (χ2v) is 4.04. The fourth-order valence-electron chi connectivity index (χ4n) is 1.31. The lowest BCUT2D eigenvalue weighted by molar-refractivity contribution is -0.134. The van der Waals surface area contributed by atoms with E-state index in [2.05, 4.69) is 0 Å². The predicted octanol–water partition coefficient (Wildman–Crippen LogP) is 0.670. The molecule has 0 radical (unpaired) electrons. The molecule has 0 saturated carbocycles. The number of ether oxygens (including phenoxy) is 1. The first-order valence-corrected chi connectivity index (χ1v) is 4.66. The van der Waals surface area contributed by atoms with Gasteiger partial charge in [-0.05, 0) is 13.8 Å². The maximum absolute atomic E-state index is 11.9. The van der Waals surface area contributed by atoms with Crippen LogP contribution in [0.25, 0.3) is 0 Å². The Morgan fingerprint density at radius 1 is 1.50 bits per heavy atom. The first kappa shape index (κ1) is 12.0. The highest BCUT2D eigenvalue weighted by Crippen LogP contribution is 2.27. The van der Waals surface area contributed by atoms with Crippen LogP contribution in [0, 0.1) is 11.3 Å². The van der Waals surface area contributed by atoms with Crippen molar-refractivity contribution in [1.29, 1.82) is 5.26 Å². The number of amides is 2. The van der Waals surface area contributed by atoms with E-state index in [1.54, 1.807) is 20.2 Å². The van der Waals surface area contributed by atoms with Crippen LogP contribution in [-0.2, 0) is 9.53 Å². The van der Waals surface area contributed by atoms with Gasteiger partial charge in [-0.1, -0.05) is 0 Å². The normalized spacial score (nSPS) is 19.4. The second kappa shape index (κ2) is 3.85. The predicted molar refractivity (Wildman–Crippen MR) is 54.8 cm³/mol. The zero-order chi connectivity index (χ0) is 12.5. The molecule has 6 nitrogen and oxygen atoms in total.